The molecule has 6 heteroatoms. The lowest BCUT2D eigenvalue weighted by molar-refractivity contribution is -0.127. The van der Waals surface area contributed by atoms with Crippen LogP contribution >= 0.6 is 11.6 Å². The number of fused-ring (bicyclic) bond motifs is 1. The number of aryl methyl sites for hydroxylation is 1. The highest BCUT2D eigenvalue weighted by atomic mass is 35.5. The predicted molar refractivity (Wildman–Crippen MR) is 84.5 cm³/mol. The summed E-state index contributed by atoms with van der Waals surface area (Å²) in [6.45, 7) is 4.62. The zero-order valence-electron chi connectivity index (χ0n) is 12.7. The molecule has 1 N–H and O–H groups in total. The fourth-order valence-corrected chi connectivity index (χ4v) is 3.02. The van der Waals surface area contributed by atoms with E-state index >= 15 is 0 Å². The Balaban J connectivity index is 1.71. The molecule has 0 saturated heterocycles. The van der Waals surface area contributed by atoms with Crippen LogP contribution in [-0.4, -0.2) is 20.7 Å². The van der Waals surface area contributed by atoms with Crippen LogP contribution in [0, 0.1) is 5.92 Å². The van der Waals surface area contributed by atoms with Gasteiger partial charge in [0.2, 0.25) is 5.91 Å². The summed E-state index contributed by atoms with van der Waals surface area (Å²) >= 11 is 6.05. The second-order valence-electron chi connectivity index (χ2n) is 6.26. The Kier molecular flexibility index (Phi) is 3.91. The molecule has 1 aliphatic heterocycles. The first-order valence-corrected chi connectivity index (χ1v) is 7.78. The van der Waals surface area contributed by atoms with Crippen LogP contribution in [0.25, 0.3) is 0 Å². The van der Waals surface area contributed by atoms with Crippen molar-refractivity contribution in [2.24, 2.45) is 5.92 Å². The van der Waals surface area contributed by atoms with Gasteiger partial charge < -0.3 is 9.88 Å². The van der Waals surface area contributed by atoms with Gasteiger partial charge in [-0.2, -0.15) is 0 Å². The molecule has 0 saturated carbocycles. The van der Waals surface area contributed by atoms with Crippen LogP contribution < -0.4 is 5.32 Å². The molecule has 22 heavy (non-hydrogen) atoms. The monoisotopic (exact) mass is 318 g/mol. The van der Waals surface area contributed by atoms with Crippen LogP contribution in [0.4, 0.5) is 0 Å². The van der Waals surface area contributed by atoms with Crippen molar-refractivity contribution in [2.45, 2.75) is 38.8 Å². The molecule has 0 fully saturated rings. The summed E-state index contributed by atoms with van der Waals surface area (Å²) < 4.78 is 1.96. The van der Waals surface area contributed by atoms with Crippen LogP contribution in [0.15, 0.2) is 30.6 Å². The van der Waals surface area contributed by atoms with Crippen LogP contribution in [0.5, 0.6) is 0 Å². The van der Waals surface area contributed by atoms with Crippen LogP contribution in [0.1, 0.15) is 31.7 Å². The molecule has 0 bridgehead atoms. The lowest BCUT2D eigenvalue weighted by Gasteiger charge is -2.31. The molecule has 1 unspecified atom stereocenters. The van der Waals surface area contributed by atoms with Gasteiger partial charge in [0.25, 0.3) is 0 Å². The first-order valence-electron chi connectivity index (χ1n) is 7.40. The topological polar surface area (TPSA) is 59.8 Å². The van der Waals surface area contributed by atoms with E-state index in [2.05, 4.69) is 15.5 Å². The Bertz CT molecular complexity index is 695. The minimum absolute atomic E-state index is 0.0537. The molecule has 0 aliphatic carbocycles. The summed E-state index contributed by atoms with van der Waals surface area (Å²) in [5.74, 6) is 0.962. The van der Waals surface area contributed by atoms with E-state index in [1.54, 1.807) is 6.33 Å². The quantitative estimate of drug-likeness (QED) is 0.946. The molecule has 1 aliphatic rings. The molecule has 1 amide bonds. The van der Waals surface area contributed by atoms with Gasteiger partial charge in [-0.25, -0.2) is 0 Å². The predicted octanol–water partition coefficient (Wildman–Crippen LogP) is 2.55. The van der Waals surface area contributed by atoms with Gasteiger partial charge in [0.15, 0.2) is 0 Å². The number of rotatable bonds is 3. The molecule has 1 aromatic carbocycles. The summed E-state index contributed by atoms with van der Waals surface area (Å²) in [6, 6.07) is 7.60. The van der Waals surface area contributed by atoms with E-state index in [1.165, 1.54) is 0 Å². The number of hydrogen-bond acceptors (Lipinski definition) is 3. The fourth-order valence-electron chi connectivity index (χ4n) is 2.83. The maximum Gasteiger partial charge on any atom is 0.225 e. The van der Waals surface area contributed by atoms with Crippen LogP contribution in [0.2, 0.25) is 5.02 Å². The SMILES string of the molecule is CC(C)(NC(=O)C1CCc2nncn2C1)c1cccc(Cl)c1. The van der Waals surface area contributed by atoms with Crippen molar-refractivity contribution in [1.29, 1.82) is 0 Å². The van der Waals surface area contributed by atoms with Gasteiger partial charge in [-0.1, -0.05) is 23.7 Å². The summed E-state index contributed by atoms with van der Waals surface area (Å²) in [4.78, 5) is 12.6. The summed E-state index contributed by atoms with van der Waals surface area (Å²) in [5, 5.41) is 11.8. The number of nitrogens with one attached hydrogen (secondary N) is 1. The van der Waals surface area contributed by atoms with Gasteiger partial charge in [-0.05, 0) is 38.0 Å². The van der Waals surface area contributed by atoms with E-state index < -0.39 is 5.54 Å². The fraction of sp³-hybridized carbons (Fsp3) is 0.438. The van der Waals surface area contributed by atoms with Gasteiger partial charge in [-0.15, -0.1) is 10.2 Å². The molecule has 1 atom stereocenters. The highest BCUT2D eigenvalue weighted by molar-refractivity contribution is 6.30. The average molecular weight is 319 g/mol. The molecule has 2 heterocycles. The Morgan fingerprint density at radius 3 is 3.05 bits per heavy atom. The molecule has 116 valence electrons. The zero-order valence-corrected chi connectivity index (χ0v) is 13.5. The Morgan fingerprint density at radius 1 is 1.45 bits per heavy atom. The normalized spacial score (nSPS) is 17.9. The number of benzene rings is 1. The highest BCUT2D eigenvalue weighted by Gasteiger charge is 2.30. The third-order valence-electron chi connectivity index (χ3n) is 4.18. The standard InChI is InChI=1S/C16H19ClN4O/c1-16(2,12-4-3-5-13(17)8-12)19-15(22)11-6-7-14-20-18-10-21(14)9-11/h3-5,8,10-11H,6-7,9H2,1-2H3,(H,19,22). The largest absolute Gasteiger partial charge is 0.347 e. The minimum atomic E-state index is -0.463. The number of carbonyl (C=O) groups excluding carboxylic acids is 1. The average Bonchev–Trinajstić information content (AvgIpc) is 2.94. The summed E-state index contributed by atoms with van der Waals surface area (Å²) in [7, 11) is 0. The number of aromatic nitrogens is 3. The second kappa shape index (κ2) is 5.72. The third kappa shape index (κ3) is 2.99. The summed E-state index contributed by atoms with van der Waals surface area (Å²) in [6.07, 6.45) is 3.28. The van der Waals surface area contributed by atoms with Gasteiger partial charge in [0.05, 0.1) is 11.5 Å². The third-order valence-corrected chi connectivity index (χ3v) is 4.42. The van der Waals surface area contributed by atoms with Gasteiger partial charge >= 0.3 is 0 Å². The molecule has 1 aromatic heterocycles. The van der Waals surface area contributed by atoms with E-state index in [-0.39, 0.29) is 11.8 Å². The lowest BCUT2D eigenvalue weighted by atomic mass is 9.91. The van der Waals surface area contributed by atoms with E-state index in [0.717, 1.165) is 24.2 Å². The van der Waals surface area contributed by atoms with Crippen LogP contribution in [-0.2, 0) is 23.3 Å². The smallest absolute Gasteiger partial charge is 0.225 e. The highest BCUT2D eigenvalue weighted by Crippen LogP contribution is 2.25. The number of amides is 1. The van der Waals surface area contributed by atoms with Crippen molar-refractivity contribution in [3.05, 3.63) is 47.0 Å². The van der Waals surface area contributed by atoms with E-state index in [4.69, 9.17) is 11.6 Å². The van der Waals surface area contributed by atoms with Crippen molar-refractivity contribution < 1.29 is 4.79 Å². The maximum absolute atomic E-state index is 12.6. The molecule has 0 radical (unpaired) electrons. The molecule has 3 rings (SSSR count). The van der Waals surface area contributed by atoms with E-state index in [1.807, 2.05) is 42.7 Å². The van der Waals surface area contributed by atoms with Crippen molar-refractivity contribution in [1.82, 2.24) is 20.1 Å². The molecular formula is C16H19ClN4O. The molecule has 5 nitrogen and oxygen atoms in total. The molecule has 2 aromatic rings. The number of carbonyl (C=O) groups is 1. The first kappa shape index (κ1) is 15.0. The van der Waals surface area contributed by atoms with Crippen molar-refractivity contribution in [3.8, 4) is 0 Å². The minimum Gasteiger partial charge on any atom is -0.347 e. The Morgan fingerprint density at radius 2 is 2.27 bits per heavy atom. The zero-order chi connectivity index (χ0) is 15.7. The summed E-state index contributed by atoms with van der Waals surface area (Å²) in [5.41, 5.74) is 0.532. The van der Waals surface area contributed by atoms with Crippen LogP contribution in [0.3, 0.4) is 0 Å². The maximum atomic E-state index is 12.6. The van der Waals surface area contributed by atoms with Gasteiger partial charge in [0.1, 0.15) is 12.2 Å². The van der Waals surface area contributed by atoms with Crippen molar-refractivity contribution in [2.75, 3.05) is 0 Å². The molecular weight excluding hydrogens is 300 g/mol. The second-order valence-corrected chi connectivity index (χ2v) is 6.70. The lowest BCUT2D eigenvalue weighted by Crippen LogP contribution is -2.45. The molecule has 0 spiro atoms. The first-order chi connectivity index (χ1) is 10.5. The number of nitrogens with zero attached hydrogens (tertiary/aromatic N) is 3. The van der Waals surface area contributed by atoms with E-state index in [0.29, 0.717) is 11.6 Å². The number of hydrogen-bond donors (Lipinski definition) is 1. The van der Waals surface area contributed by atoms with Crippen molar-refractivity contribution >= 4 is 17.5 Å². The van der Waals surface area contributed by atoms with Gasteiger partial charge in [0, 0.05) is 18.0 Å². The Hall–Kier alpha value is -1.88. The van der Waals surface area contributed by atoms with E-state index in [9.17, 15) is 4.79 Å². The van der Waals surface area contributed by atoms with Crippen molar-refractivity contribution in [3.63, 3.8) is 0 Å². The Labute approximate surface area is 134 Å². The number of halogens is 1. The van der Waals surface area contributed by atoms with Gasteiger partial charge in [-0.3, -0.25) is 4.79 Å².